The van der Waals surface area contributed by atoms with Crippen molar-refractivity contribution in [3.05, 3.63) is 53.5 Å². The summed E-state index contributed by atoms with van der Waals surface area (Å²) in [6.07, 6.45) is 7.63. The zero-order valence-corrected chi connectivity index (χ0v) is 26.0. The van der Waals surface area contributed by atoms with Crippen LogP contribution in [0.2, 0.25) is 0 Å². The number of piperidine rings is 1. The number of aliphatic imine (C=N–C) groups is 1. The van der Waals surface area contributed by atoms with Crippen LogP contribution in [0.4, 0.5) is 10.1 Å². The molecule has 1 saturated carbocycles. The number of hydrogen-bond acceptors (Lipinski definition) is 6. The second-order valence-corrected chi connectivity index (χ2v) is 11.9. The smallest absolute Gasteiger partial charge is 0.320 e. The number of ether oxygens (including phenoxy) is 1. The van der Waals surface area contributed by atoms with Crippen LogP contribution in [-0.2, 0) is 16.0 Å². The van der Waals surface area contributed by atoms with Crippen molar-refractivity contribution >= 4 is 41.7 Å². The summed E-state index contributed by atoms with van der Waals surface area (Å²) >= 11 is 0. The van der Waals surface area contributed by atoms with Crippen molar-refractivity contribution in [3.8, 4) is 5.88 Å². The number of benzene rings is 1. The summed E-state index contributed by atoms with van der Waals surface area (Å²) in [6, 6.07) is 6.84. The van der Waals surface area contributed by atoms with Gasteiger partial charge in [-0.05, 0) is 83.2 Å². The number of pyridine rings is 1. The van der Waals surface area contributed by atoms with E-state index >= 15 is 0 Å². The van der Waals surface area contributed by atoms with Crippen molar-refractivity contribution in [2.24, 2.45) is 10.9 Å². The van der Waals surface area contributed by atoms with Gasteiger partial charge in [0.15, 0.2) is 0 Å². The van der Waals surface area contributed by atoms with E-state index in [0.717, 1.165) is 56.3 Å². The number of hydrogen-bond donors (Lipinski definition) is 2. The molecule has 2 aromatic rings. The standard InChI is InChI=1S/C32H40FN5O5.ClH/c1-20(2)35-30(39)22-8-12-25(13-9-22)38-27-18-29(43-16-15-37-14-4-3-5-26(37)32(41)42)34-19-23(27)17-28(38)36-31(40)21-6-10-24(33)11-7-21;/h6-7,10-11,18-20,22,25-26H,3-5,8-9,12-17H2,1-2H3,(H,35,39)(H,41,42);1H. The normalized spacial score (nSPS) is 22.8. The van der Waals surface area contributed by atoms with E-state index in [4.69, 9.17) is 4.74 Å². The van der Waals surface area contributed by atoms with E-state index in [9.17, 15) is 23.9 Å². The molecule has 1 aromatic heterocycles. The number of anilines is 1. The molecular formula is C32H41ClFN5O5. The van der Waals surface area contributed by atoms with Crippen LogP contribution in [-0.4, -0.2) is 76.4 Å². The molecule has 44 heavy (non-hydrogen) atoms. The number of carbonyl (C=O) groups excluding carboxylic acids is 2. The SMILES string of the molecule is CC(C)NC(=O)C1CCC(N2C(=NC(=O)c3ccc(F)cc3)Cc3cnc(OCCN4CCCCC4C(=O)O)cc32)CC1.Cl. The molecule has 1 aromatic carbocycles. The van der Waals surface area contributed by atoms with Crippen molar-refractivity contribution < 1.29 is 28.6 Å². The first-order valence-electron chi connectivity index (χ1n) is 15.2. The third-order valence-corrected chi connectivity index (χ3v) is 8.54. The first-order valence-corrected chi connectivity index (χ1v) is 15.2. The molecule has 2 N–H and O–H groups in total. The predicted molar refractivity (Wildman–Crippen MR) is 167 cm³/mol. The van der Waals surface area contributed by atoms with Gasteiger partial charge in [0.05, 0.1) is 5.69 Å². The number of aromatic nitrogens is 1. The molecule has 238 valence electrons. The fraction of sp³-hybridized carbons (Fsp3) is 0.531. The lowest BCUT2D eigenvalue weighted by Gasteiger charge is -2.36. The molecular weight excluding hydrogens is 589 g/mol. The highest BCUT2D eigenvalue weighted by Crippen LogP contribution is 2.38. The van der Waals surface area contributed by atoms with Crippen LogP contribution >= 0.6 is 12.4 Å². The number of fused-ring (bicyclic) bond motifs is 1. The summed E-state index contributed by atoms with van der Waals surface area (Å²) in [6.45, 7) is 5.43. The van der Waals surface area contributed by atoms with Crippen LogP contribution in [0.5, 0.6) is 5.88 Å². The number of amidine groups is 1. The third kappa shape index (κ3) is 7.92. The fourth-order valence-corrected chi connectivity index (χ4v) is 6.37. The molecule has 0 spiro atoms. The second-order valence-electron chi connectivity index (χ2n) is 11.9. The first-order chi connectivity index (χ1) is 20.7. The van der Waals surface area contributed by atoms with Crippen LogP contribution in [0, 0.1) is 11.7 Å². The van der Waals surface area contributed by atoms with Gasteiger partial charge in [-0.1, -0.05) is 6.42 Å². The Morgan fingerprint density at radius 2 is 1.84 bits per heavy atom. The van der Waals surface area contributed by atoms with Crippen molar-refractivity contribution in [2.75, 3.05) is 24.6 Å². The minimum Gasteiger partial charge on any atom is -0.480 e. The molecule has 0 radical (unpaired) electrons. The van der Waals surface area contributed by atoms with E-state index < -0.39 is 23.7 Å². The third-order valence-electron chi connectivity index (χ3n) is 8.54. The maximum atomic E-state index is 13.5. The van der Waals surface area contributed by atoms with Gasteiger partial charge >= 0.3 is 5.97 Å². The van der Waals surface area contributed by atoms with Crippen LogP contribution in [0.15, 0.2) is 41.5 Å². The number of nitrogens with zero attached hydrogens (tertiary/aromatic N) is 4. The molecule has 1 atom stereocenters. The van der Waals surface area contributed by atoms with Gasteiger partial charge in [0.2, 0.25) is 11.8 Å². The topological polar surface area (TPSA) is 124 Å². The maximum Gasteiger partial charge on any atom is 0.320 e. The number of halogens is 2. The molecule has 5 rings (SSSR count). The van der Waals surface area contributed by atoms with Crippen molar-refractivity contribution in [2.45, 2.75) is 83.3 Å². The Morgan fingerprint density at radius 1 is 1.11 bits per heavy atom. The number of carboxylic acid groups (broad SMARTS) is 1. The molecule has 1 unspecified atom stereocenters. The van der Waals surface area contributed by atoms with E-state index in [1.807, 2.05) is 24.8 Å². The number of amides is 2. The summed E-state index contributed by atoms with van der Waals surface area (Å²) < 4.78 is 19.5. The summed E-state index contributed by atoms with van der Waals surface area (Å²) in [4.78, 5) is 50.4. The summed E-state index contributed by atoms with van der Waals surface area (Å²) in [5.41, 5.74) is 2.09. The zero-order chi connectivity index (χ0) is 30.5. The van der Waals surface area contributed by atoms with Crippen LogP contribution in [0.25, 0.3) is 0 Å². The van der Waals surface area contributed by atoms with E-state index in [0.29, 0.717) is 43.3 Å². The summed E-state index contributed by atoms with van der Waals surface area (Å²) in [7, 11) is 0. The summed E-state index contributed by atoms with van der Waals surface area (Å²) in [5.74, 6) is -0.632. The molecule has 3 heterocycles. The van der Waals surface area contributed by atoms with Gasteiger partial charge in [-0.15, -0.1) is 12.4 Å². The van der Waals surface area contributed by atoms with Crippen LogP contribution < -0.4 is 15.0 Å². The van der Waals surface area contributed by atoms with Crippen molar-refractivity contribution in [1.82, 2.24) is 15.2 Å². The van der Waals surface area contributed by atoms with Gasteiger partial charge in [0.25, 0.3) is 5.91 Å². The number of carboxylic acids is 1. The molecule has 2 amide bonds. The van der Waals surface area contributed by atoms with Gasteiger partial charge in [0, 0.05) is 54.4 Å². The fourth-order valence-electron chi connectivity index (χ4n) is 6.37. The Morgan fingerprint density at radius 3 is 2.52 bits per heavy atom. The van der Waals surface area contributed by atoms with Gasteiger partial charge < -0.3 is 20.1 Å². The van der Waals surface area contributed by atoms with E-state index in [2.05, 4.69) is 20.2 Å². The predicted octanol–water partition coefficient (Wildman–Crippen LogP) is 4.65. The Bertz CT molecular complexity index is 1360. The Balaban J connectivity index is 0.00000442. The lowest BCUT2D eigenvalue weighted by atomic mass is 9.84. The molecule has 1 aliphatic carbocycles. The van der Waals surface area contributed by atoms with Gasteiger partial charge in [0.1, 0.15) is 24.3 Å². The molecule has 2 fully saturated rings. The Kier molecular flexibility index (Phi) is 11.3. The zero-order valence-electron chi connectivity index (χ0n) is 25.2. The lowest BCUT2D eigenvalue weighted by molar-refractivity contribution is -0.144. The van der Waals surface area contributed by atoms with Crippen LogP contribution in [0.3, 0.4) is 0 Å². The molecule has 10 nitrogen and oxygen atoms in total. The number of carbonyl (C=O) groups is 3. The van der Waals surface area contributed by atoms with E-state index in [-0.39, 0.29) is 36.3 Å². The van der Waals surface area contributed by atoms with E-state index in [1.165, 1.54) is 24.3 Å². The Labute approximate surface area is 263 Å². The number of aliphatic carboxylic acids is 1. The quantitative estimate of drug-likeness (QED) is 0.411. The maximum absolute atomic E-state index is 13.5. The summed E-state index contributed by atoms with van der Waals surface area (Å²) in [5, 5.41) is 12.6. The average molecular weight is 630 g/mol. The highest BCUT2D eigenvalue weighted by atomic mass is 35.5. The molecule has 0 bridgehead atoms. The minimum absolute atomic E-state index is 0. The molecule has 3 aliphatic rings. The first kappa shape index (κ1) is 33.3. The number of likely N-dealkylation sites (tertiary alicyclic amines) is 1. The average Bonchev–Trinajstić information content (AvgIpc) is 3.34. The number of nitrogens with one attached hydrogen (secondary N) is 1. The largest absolute Gasteiger partial charge is 0.480 e. The lowest BCUT2D eigenvalue weighted by Crippen LogP contribution is -2.46. The molecule has 1 saturated heterocycles. The van der Waals surface area contributed by atoms with Gasteiger partial charge in [-0.2, -0.15) is 4.99 Å². The van der Waals surface area contributed by atoms with Crippen molar-refractivity contribution in [3.63, 3.8) is 0 Å². The molecule has 12 heteroatoms. The van der Waals surface area contributed by atoms with Crippen LogP contribution in [0.1, 0.15) is 74.7 Å². The van der Waals surface area contributed by atoms with E-state index in [1.54, 1.807) is 6.20 Å². The second kappa shape index (κ2) is 14.9. The highest BCUT2D eigenvalue weighted by molar-refractivity contribution is 6.12. The number of rotatable bonds is 9. The highest BCUT2D eigenvalue weighted by Gasteiger charge is 2.37. The monoisotopic (exact) mass is 629 g/mol. The Hall–Kier alpha value is -3.57. The minimum atomic E-state index is -0.801. The van der Waals surface area contributed by atoms with Crippen molar-refractivity contribution in [1.29, 1.82) is 0 Å². The van der Waals surface area contributed by atoms with Gasteiger partial charge in [-0.25, -0.2) is 9.37 Å². The molecule has 2 aliphatic heterocycles. The van der Waals surface area contributed by atoms with Gasteiger partial charge in [-0.3, -0.25) is 19.3 Å².